The molecule has 2 amide bonds. The summed E-state index contributed by atoms with van der Waals surface area (Å²) in [5.74, 6) is 0.0906. The molecule has 0 bridgehead atoms. The summed E-state index contributed by atoms with van der Waals surface area (Å²) in [5, 5.41) is 3.05. The van der Waals surface area contributed by atoms with Crippen molar-refractivity contribution in [1.29, 1.82) is 0 Å². The number of unbranched alkanes of at least 4 members (excludes halogenated alkanes) is 1. The van der Waals surface area contributed by atoms with Crippen molar-refractivity contribution in [2.24, 2.45) is 0 Å². The molecule has 0 aromatic carbocycles. The van der Waals surface area contributed by atoms with Gasteiger partial charge in [0.05, 0.1) is 0 Å². The van der Waals surface area contributed by atoms with Crippen LogP contribution in [0.1, 0.15) is 66.2 Å². The van der Waals surface area contributed by atoms with Gasteiger partial charge in [-0.2, -0.15) is 0 Å². The Labute approximate surface area is 128 Å². The highest BCUT2D eigenvalue weighted by Crippen LogP contribution is 2.15. The molecule has 0 radical (unpaired) electrons. The predicted molar refractivity (Wildman–Crippen MR) is 83.1 cm³/mol. The van der Waals surface area contributed by atoms with E-state index >= 15 is 0 Å². The maximum absolute atomic E-state index is 12.2. The van der Waals surface area contributed by atoms with Gasteiger partial charge < -0.3 is 15.0 Å². The first-order valence-corrected chi connectivity index (χ1v) is 8.09. The van der Waals surface area contributed by atoms with Crippen LogP contribution in [0.5, 0.6) is 0 Å². The van der Waals surface area contributed by atoms with Crippen LogP contribution in [0, 0.1) is 0 Å². The second-order valence-electron chi connectivity index (χ2n) is 6.79. The summed E-state index contributed by atoms with van der Waals surface area (Å²) < 4.78 is 5.43. The number of nitrogens with zero attached hydrogens (tertiary/aromatic N) is 1. The molecule has 21 heavy (non-hydrogen) atoms. The van der Waals surface area contributed by atoms with Gasteiger partial charge in [0.25, 0.3) is 0 Å². The van der Waals surface area contributed by atoms with Crippen molar-refractivity contribution in [1.82, 2.24) is 10.2 Å². The molecule has 0 aromatic heterocycles. The Morgan fingerprint density at radius 1 is 1.29 bits per heavy atom. The SMILES string of the molecule is CCCCC(=O)NC1CCCCN(C(=O)OC(C)(C)C)C1. The summed E-state index contributed by atoms with van der Waals surface area (Å²) in [6, 6.07) is 0.0457. The van der Waals surface area contributed by atoms with Crippen molar-refractivity contribution in [2.75, 3.05) is 13.1 Å². The maximum atomic E-state index is 12.2. The smallest absolute Gasteiger partial charge is 0.410 e. The molecule has 1 heterocycles. The number of carbonyl (C=O) groups is 2. The molecule has 0 saturated carbocycles. The van der Waals surface area contributed by atoms with E-state index < -0.39 is 5.60 Å². The van der Waals surface area contributed by atoms with Gasteiger partial charge in [-0.15, -0.1) is 0 Å². The van der Waals surface area contributed by atoms with E-state index in [1.807, 2.05) is 20.8 Å². The van der Waals surface area contributed by atoms with Gasteiger partial charge in [-0.3, -0.25) is 4.79 Å². The zero-order chi connectivity index (χ0) is 15.9. The van der Waals surface area contributed by atoms with Crippen LogP contribution in [0.4, 0.5) is 4.79 Å². The third-order valence-electron chi connectivity index (χ3n) is 3.45. The Morgan fingerprint density at radius 3 is 2.62 bits per heavy atom. The monoisotopic (exact) mass is 298 g/mol. The molecule has 1 atom stereocenters. The van der Waals surface area contributed by atoms with E-state index in [0.29, 0.717) is 19.5 Å². The summed E-state index contributed by atoms with van der Waals surface area (Å²) in [6.07, 6.45) is 5.13. The van der Waals surface area contributed by atoms with Gasteiger partial charge in [0.2, 0.25) is 5.91 Å². The summed E-state index contributed by atoms with van der Waals surface area (Å²) in [7, 11) is 0. The third-order valence-corrected chi connectivity index (χ3v) is 3.45. The van der Waals surface area contributed by atoms with Crippen LogP contribution in [0.2, 0.25) is 0 Å². The van der Waals surface area contributed by atoms with Gasteiger partial charge in [-0.05, 0) is 46.5 Å². The van der Waals surface area contributed by atoms with Gasteiger partial charge in [0.15, 0.2) is 0 Å². The number of ether oxygens (including phenoxy) is 1. The zero-order valence-corrected chi connectivity index (χ0v) is 13.9. The molecule has 1 saturated heterocycles. The number of nitrogens with one attached hydrogen (secondary N) is 1. The number of carbonyl (C=O) groups excluding carboxylic acids is 2. The minimum Gasteiger partial charge on any atom is -0.444 e. The highest BCUT2D eigenvalue weighted by atomic mass is 16.6. The van der Waals surface area contributed by atoms with E-state index in [2.05, 4.69) is 12.2 Å². The molecule has 0 aromatic rings. The highest BCUT2D eigenvalue weighted by Gasteiger charge is 2.26. The van der Waals surface area contributed by atoms with Crippen LogP contribution in [0.3, 0.4) is 0 Å². The van der Waals surface area contributed by atoms with Crippen molar-refractivity contribution in [3.8, 4) is 0 Å². The lowest BCUT2D eigenvalue weighted by Gasteiger charge is -2.28. The molecule has 1 rings (SSSR count). The third kappa shape index (κ3) is 7.34. The van der Waals surface area contributed by atoms with Crippen LogP contribution in [-0.4, -0.2) is 41.6 Å². The molecular formula is C16H30N2O3. The Bertz CT molecular complexity index is 350. The minimum absolute atomic E-state index is 0.0457. The molecule has 1 N–H and O–H groups in total. The first kappa shape index (κ1) is 17.8. The van der Waals surface area contributed by atoms with E-state index in [4.69, 9.17) is 4.74 Å². The minimum atomic E-state index is -0.483. The molecule has 1 aliphatic rings. The van der Waals surface area contributed by atoms with Crippen LogP contribution in [-0.2, 0) is 9.53 Å². The largest absolute Gasteiger partial charge is 0.444 e. The quantitative estimate of drug-likeness (QED) is 0.867. The van der Waals surface area contributed by atoms with Crippen LogP contribution in [0.25, 0.3) is 0 Å². The fourth-order valence-electron chi connectivity index (χ4n) is 2.39. The number of hydrogen-bond donors (Lipinski definition) is 1. The first-order chi connectivity index (χ1) is 9.81. The zero-order valence-electron chi connectivity index (χ0n) is 13.9. The van der Waals surface area contributed by atoms with Crippen molar-refractivity contribution in [3.05, 3.63) is 0 Å². The van der Waals surface area contributed by atoms with Crippen molar-refractivity contribution in [3.63, 3.8) is 0 Å². The molecule has 0 aliphatic carbocycles. The molecule has 1 aliphatic heterocycles. The average molecular weight is 298 g/mol. The van der Waals surface area contributed by atoms with Crippen molar-refractivity contribution >= 4 is 12.0 Å². The molecular weight excluding hydrogens is 268 g/mol. The topological polar surface area (TPSA) is 58.6 Å². The summed E-state index contributed by atoms with van der Waals surface area (Å²) >= 11 is 0. The van der Waals surface area contributed by atoms with E-state index in [-0.39, 0.29) is 18.0 Å². The van der Waals surface area contributed by atoms with Gasteiger partial charge in [0, 0.05) is 25.6 Å². The van der Waals surface area contributed by atoms with Gasteiger partial charge in [-0.25, -0.2) is 4.79 Å². The summed E-state index contributed by atoms with van der Waals surface area (Å²) in [4.78, 5) is 25.7. The van der Waals surface area contributed by atoms with Gasteiger partial charge in [0.1, 0.15) is 5.60 Å². The fourth-order valence-corrected chi connectivity index (χ4v) is 2.39. The molecule has 5 nitrogen and oxygen atoms in total. The second-order valence-corrected chi connectivity index (χ2v) is 6.79. The first-order valence-electron chi connectivity index (χ1n) is 8.09. The van der Waals surface area contributed by atoms with Gasteiger partial charge >= 0.3 is 6.09 Å². The van der Waals surface area contributed by atoms with E-state index in [1.165, 1.54) is 0 Å². The average Bonchev–Trinajstić information content (AvgIpc) is 2.60. The van der Waals surface area contributed by atoms with E-state index in [1.54, 1.807) is 4.90 Å². The molecule has 0 spiro atoms. The lowest BCUT2D eigenvalue weighted by Crippen LogP contribution is -2.46. The molecule has 122 valence electrons. The predicted octanol–water partition coefficient (Wildman–Crippen LogP) is 3.08. The molecule has 1 unspecified atom stereocenters. The standard InChI is InChI=1S/C16H30N2O3/c1-5-6-10-14(19)17-13-9-7-8-11-18(12-13)15(20)21-16(2,3)4/h13H,5-12H2,1-4H3,(H,17,19). The normalized spacial score (nSPS) is 19.8. The lowest BCUT2D eigenvalue weighted by molar-refractivity contribution is -0.122. The number of rotatable bonds is 4. The summed E-state index contributed by atoms with van der Waals surface area (Å²) in [5.41, 5.74) is -0.483. The fraction of sp³-hybridized carbons (Fsp3) is 0.875. The van der Waals surface area contributed by atoms with Crippen LogP contribution < -0.4 is 5.32 Å². The van der Waals surface area contributed by atoms with Crippen molar-refractivity contribution < 1.29 is 14.3 Å². The second kappa shape index (κ2) is 8.25. The van der Waals surface area contributed by atoms with E-state index in [9.17, 15) is 9.59 Å². The Morgan fingerprint density at radius 2 is 2.00 bits per heavy atom. The van der Waals surface area contributed by atoms with Gasteiger partial charge in [-0.1, -0.05) is 13.3 Å². The Balaban J connectivity index is 2.52. The lowest BCUT2D eigenvalue weighted by atomic mass is 10.1. The Hall–Kier alpha value is -1.26. The van der Waals surface area contributed by atoms with Crippen LogP contribution >= 0.6 is 0 Å². The Kier molecular flexibility index (Phi) is 6.99. The van der Waals surface area contributed by atoms with Crippen molar-refractivity contribution in [2.45, 2.75) is 77.9 Å². The van der Waals surface area contributed by atoms with Crippen LogP contribution in [0.15, 0.2) is 0 Å². The molecule has 1 fully saturated rings. The number of amides is 2. The summed E-state index contributed by atoms with van der Waals surface area (Å²) in [6.45, 7) is 8.93. The maximum Gasteiger partial charge on any atom is 0.410 e. The number of likely N-dealkylation sites (tertiary alicyclic amines) is 1. The number of hydrogen-bond acceptors (Lipinski definition) is 3. The highest BCUT2D eigenvalue weighted by molar-refractivity contribution is 5.76. The molecule has 5 heteroatoms. The van der Waals surface area contributed by atoms with E-state index in [0.717, 1.165) is 32.1 Å².